The van der Waals surface area contributed by atoms with E-state index in [-0.39, 0.29) is 23.2 Å². The molecule has 0 saturated heterocycles. The van der Waals surface area contributed by atoms with E-state index in [0.29, 0.717) is 17.9 Å². The number of sulfonamides is 1. The molecule has 0 aliphatic carbocycles. The van der Waals surface area contributed by atoms with Gasteiger partial charge in [0.25, 0.3) is 5.69 Å². The lowest BCUT2D eigenvalue weighted by molar-refractivity contribution is -0.384. The van der Waals surface area contributed by atoms with Gasteiger partial charge in [0.2, 0.25) is 10.0 Å². The molecule has 0 aromatic heterocycles. The molecular weight excluding hydrogens is 372 g/mol. The summed E-state index contributed by atoms with van der Waals surface area (Å²) in [5, 5.41) is 10.7. The van der Waals surface area contributed by atoms with Gasteiger partial charge in [-0.3, -0.25) is 10.1 Å². The first-order valence-electron chi connectivity index (χ1n) is 8.49. The van der Waals surface area contributed by atoms with E-state index in [4.69, 9.17) is 9.47 Å². The van der Waals surface area contributed by atoms with E-state index < -0.39 is 14.9 Å². The van der Waals surface area contributed by atoms with Crippen molar-refractivity contribution in [3.63, 3.8) is 0 Å². The topological polar surface area (TPSA) is 108 Å². The number of nitrogens with one attached hydrogen (secondary N) is 1. The van der Waals surface area contributed by atoms with Gasteiger partial charge in [-0.25, -0.2) is 13.1 Å². The smallest absolute Gasteiger partial charge is 0.269 e. The Morgan fingerprint density at radius 1 is 1.30 bits per heavy atom. The normalized spacial score (nSPS) is 15.9. The molecule has 1 heterocycles. The molecule has 9 heteroatoms. The van der Waals surface area contributed by atoms with Crippen LogP contribution in [0.25, 0.3) is 0 Å². The minimum absolute atomic E-state index is 0.0136. The zero-order valence-electron chi connectivity index (χ0n) is 15.0. The summed E-state index contributed by atoms with van der Waals surface area (Å²) in [7, 11) is -3.83. The Balaban J connectivity index is 1.81. The van der Waals surface area contributed by atoms with Crippen molar-refractivity contribution in [1.29, 1.82) is 0 Å². The van der Waals surface area contributed by atoms with Gasteiger partial charge in [-0.15, -0.1) is 0 Å². The van der Waals surface area contributed by atoms with E-state index in [1.54, 1.807) is 6.07 Å². The number of nitro groups is 1. The summed E-state index contributed by atoms with van der Waals surface area (Å²) in [5.74, 6) is 1.34. The first-order valence-corrected chi connectivity index (χ1v) is 9.98. The highest BCUT2D eigenvalue weighted by molar-refractivity contribution is 7.89. The molecule has 2 aromatic rings. The molecule has 3 rings (SSSR count). The van der Waals surface area contributed by atoms with E-state index in [1.165, 1.54) is 12.1 Å². The molecule has 1 aliphatic heterocycles. The van der Waals surface area contributed by atoms with E-state index in [9.17, 15) is 18.5 Å². The summed E-state index contributed by atoms with van der Waals surface area (Å²) in [6.07, 6.45) is 0.853. The number of fused-ring (bicyclic) bond motifs is 1. The lowest BCUT2D eigenvalue weighted by Gasteiger charge is -2.13. The van der Waals surface area contributed by atoms with Crippen LogP contribution in [0, 0.1) is 10.1 Å². The zero-order valence-corrected chi connectivity index (χ0v) is 15.8. The lowest BCUT2D eigenvalue weighted by atomic mass is 10.1. The van der Waals surface area contributed by atoms with Crippen molar-refractivity contribution in [2.75, 3.05) is 6.61 Å². The number of non-ortho nitro benzene ring substituents is 1. The molecule has 0 radical (unpaired) electrons. The minimum atomic E-state index is -3.83. The summed E-state index contributed by atoms with van der Waals surface area (Å²) in [4.78, 5) is 10.1. The van der Waals surface area contributed by atoms with Crippen molar-refractivity contribution in [2.45, 2.75) is 37.8 Å². The maximum absolute atomic E-state index is 12.5. The standard InChI is InChI=1S/C18H20N2O6S/c1-3-25-17-9-13-8-12(2)26-18(13)10-14(17)11-19-27(23,24)16-6-4-15(5-7-16)20(21)22/h4-7,9-10,12,19H,3,8,11H2,1-2H3/t12-/m0/s1. The Kier molecular flexibility index (Phi) is 5.33. The molecular formula is C18H20N2O6S. The van der Waals surface area contributed by atoms with Crippen LogP contribution in [-0.2, 0) is 23.0 Å². The van der Waals surface area contributed by atoms with Crippen molar-refractivity contribution in [3.8, 4) is 11.5 Å². The van der Waals surface area contributed by atoms with Crippen LogP contribution in [0.1, 0.15) is 25.0 Å². The van der Waals surface area contributed by atoms with Gasteiger partial charge in [0, 0.05) is 36.2 Å². The van der Waals surface area contributed by atoms with E-state index in [1.807, 2.05) is 19.9 Å². The average molecular weight is 392 g/mol. The number of ether oxygens (including phenoxy) is 2. The monoisotopic (exact) mass is 392 g/mol. The lowest BCUT2D eigenvalue weighted by Crippen LogP contribution is -2.23. The third-order valence-corrected chi connectivity index (χ3v) is 5.61. The van der Waals surface area contributed by atoms with Crippen LogP contribution < -0.4 is 14.2 Å². The van der Waals surface area contributed by atoms with Gasteiger partial charge in [0.15, 0.2) is 0 Å². The molecule has 0 bridgehead atoms. The molecule has 0 spiro atoms. The Labute approximate surface area is 157 Å². The van der Waals surface area contributed by atoms with Crippen LogP contribution in [-0.4, -0.2) is 26.1 Å². The average Bonchev–Trinajstić information content (AvgIpc) is 2.99. The second-order valence-electron chi connectivity index (χ2n) is 6.21. The highest BCUT2D eigenvalue weighted by Gasteiger charge is 2.23. The molecule has 1 aliphatic rings. The summed E-state index contributed by atoms with van der Waals surface area (Å²) in [5.41, 5.74) is 1.53. The molecule has 0 fully saturated rings. The van der Waals surface area contributed by atoms with Crippen molar-refractivity contribution in [1.82, 2.24) is 4.72 Å². The van der Waals surface area contributed by atoms with Crippen LogP contribution in [0.2, 0.25) is 0 Å². The second kappa shape index (κ2) is 7.53. The Hall–Kier alpha value is -2.65. The van der Waals surface area contributed by atoms with Gasteiger partial charge in [0.05, 0.1) is 16.4 Å². The third-order valence-electron chi connectivity index (χ3n) is 4.19. The van der Waals surface area contributed by atoms with Crippen LogP contribution >= 0.6 is 0 Å². The summed E-state index contributed by atoms with van der Waals surface area (Å²) in [6, 6.07) is 8.41. The molecule has 0 amide bonds. The quantitative estimate of drug-likeness (QED) is 0.573. The Bertz CT molecular complexity index is 957. The van der Waals surface area contributed by atoms with Crippen LogP contribution in [0.5, 0.6) is 11.5 Å². The van der Waals surface area contributed by atoms with Gasteiger partial charge in [-0.1, -0.05) is 0 Å². The fourth-order valence-electron chi connectivity index (χ4n) is 2.91. The number of nitro benzene ring substituents is 1. The largest absolute Gasteiger partial charge is 0.494 e. The molecule has 2 aromatic carbocycles. The molecule has 0 saturated carbocycles. The van der Waals surface area contributed by atoms with E-state index >= 15 is 0 Å². The van der Waals surface area contributed by atoms with Gasteiger partial charge < -0.3 is 9.47 Å². The third kappa shape index (κ3) is 4.20. The highest BCUT2D eigenvalue weighted by Crippen LogP contribution is 2.35. The summed E-state index contributed by atoms with van der Waals surface area (Å²) < 4.78 is 38.9. The van der Waals surface area contributed by atoms with Crippen molar-refractivity contribution >= 4 is 15.7 Å². The predicted molar refractivity (Wildman–Crippen MR) is 98.5 cm³/mol. The van der Waals surface area contributed by atoms with Crippen molar-refractivity contribution < 1.29 is 22.8 Å². The van der Waals surface area contributed by atoms with Crippen molar-refractivity contribution in [3.05, 3.63) is 57.6 Å². The number of nitrogens with zero attached hydrogens (tertiary/aromatic N) is 1. The van der Waals surface area contributed by atoms with Crippen LogP contribution in [0.4, 0.5) is 5.69 Å². The number of hydrogen-bond donors (Lipinski definition) is 1. The molecule has 1 N–H and O–H groups in total. The fourth-order valence-corrected chi connectivity index (χ4v) is 3.92. The van der Waals surface area contributed by atoms with Gasteiger partial charge in [-0.05, 0) is 38.1 Å². The molecule has 8 nitrogen and oxygen atoms in total. The fraction of sp³-hybridized carbons (Fsp3) is 0.333. The first kappa shape index (κ1) is 19.1. The highest BCUT2D eigenvalue weighted by atomic mass is 32.2. The summed E-state index contributed by atoms with van der Waals surface area (Å²) >= 11 is 0. The first-order chi connectivity index (χ1) is 12.8. The maximum Gasteiger partial charge on any atom is 0.269 e. The SMILES string of the molecule is CCOc1cc2c(cc1CNS(=O)(=O)c1ccc([N+](=O)[O-])cc1)O[C@@H](C)C2. The number of rotatable bonds is 7. The second-order valence-corrected chi connectivity index (χ2v) is 7.98. The van der Waals surface area contributed by atoms with Crippen LogP contribution in [0.3, 0.4) is 0 Å². The zero-order chi connectivity index (χ0) is 19.6. The van der Waals surface area contributed by atoms with Gasteiger partial charge in [-0.2, -0.15) is 0 Å². The minimum Gasteiger partial charge on any atom is -0.494 e. The number of hydrogen-bond acceptors (Lipinski definition) is 6. The van der Waals surface area contributed by atoms with Crippen LogP contribution in [0.15, 0.2) is 41.3 Å². The summed E-state index contributed by atoms with van der Waals surface area (Å²) in [6.45, 7) is 4.30. The molecule has 27 heavy (non-hydrogen) atoms. The Morgan fingerprint density at radius 2 is 2.00 bits per heavy atom. The number of benzene rings is 2. The maximum atomic E-state index is 12.5. The van der Waals surface area contributed by atoms with E-state index in [0.717, 1.165) is 29.9 Å². The molecule has 1 atom stereocenters. The van der Waals surface area contributed by atoms with Gasteiger partial charge >= 0.3 is 0 Å². The predicted octanol–water partition coefficient (Wildman–Crippen LogP) is 2.80. The Morgan fingerprint density at radius 3 is 2.63 bits per heavy atom. The molecule has 144 valence electrons. The van der Waals surface area contributed by atoms with E-state index in [2.05, 4.69) is 4.72 Å². The van der Waals surface area contributed by atoms with Crippen molar-refractivity contribution in [2.24, 2.45) is 0 Å². The van der Waals surface area contributed by atoms with Gasteiger partial charge in [0.1, 0.15) is 17.6 Å². The molecule has 0 unspecified atom stereocenters.